The first-order valence-corrected chi connectivity index (χ1v) is 11.4. The van der Waals surface area contributed by atoms with Gasteiger partial charge >= 0.3 is 0 Å². The minimum Gasteiger partial charge on any atom is -0.378 e. The Morgan fingerprint density at radius 3 is 2.74 bits per heavy atom. The van der Waals surface area contributed by atoms with Crippen LogP contribution in [0.4, 0.5) is 10.1 Å². The van der Waals surface area contributed by atoms with Crippen molar-refractivity contribution in [3.05, 3.63) is 82.8 Å². The van der Waals surface area contributed by atoms with Gasteiger partial charge < -0.3 is 24.1 Å². The molecule has 1 saturated heterocycles. The molecule has 5 rings (SSSR count). The number of anilines is 1. The molecule has 1 aromatic carbocycles. The first-order valence-electron chi connectivity index (χ1n) is 11.4. The minimum atomic E-state index is -0.312. The van der Waals surface area contributed by atoms with Crippen LogP contribution >= 0.6 is 0 Å². The highest BCUT2D eigenvalue weighted by Crippen LogP contribution is 2.30. The zero-order valence-corrected chi connectivity index (χ0v) is 19.4. The summed E-state index contributed by atoms with van der Waals surface area (Å²) in [7, 11) is 3.88. The van der Waals surface area contributed by atoms with Gasteiger partial charge in [0.2, 0.25) is 0 Å². The third-order valence-electron chi connectivity index (χ3n) is 6.26. The number of fused-ring (bicyclic) bond motifs is 1. The molecular formula is C26H28FN5O2. The number of aromatic amines is 1. The minimum absolute atomic E-state index is 0.139. The standard InChI is InChI=1S/C26H28FN5O2/c1-30(2)17-24(19-4-3-5-20(27)12-19)32-7-6-18(13-25(32)33)23-16-29-26-22(23)14-21(15-28-26)31-8-10-34-11-9-31/h3-7,12-16,24H,8-11,17H2,1-2H3,(H,28,29). The van der Waals surface area contributed by atoms with Crippen LogP contribution in [0.3, 0.4) is 0 Å². The van der Waals surface area contributed by atoms with Crippen LogP contribution in [0.2, 0.25) is 0 Å². The van der Waals surface area contributed by atoms with E-state index in [1.54, 1.807) is 22.9 Å². The smallest absolute Gasteiger partial charge is 0.251 e. The summed E-state index contributed by atoms with van der Waals surface area (Å²) in [5, 5.41) is 0.969. The highest BCUT2D eigenvalue weighted by atomic mass is 19.1. The number of nitrogens with zero attached hydrogens (tertiary/aromatic N) is 4. The number of likely N-dealkylation sites (N-methyl/N-ethyl adjacent to an activating group) is 1. The summed E-state index contributed by atoms with van der Waals surface area (Å²) in [6, 6.07) is 11.8. The molecule has 1 N–H and O–H groups in total. The largest absolute Gasteiger partial charge is 0.378 e. The van der Waals surface area contributed by atoms with Crippen molar-refractivity contribution in [3.8, 4) is 11.1 Å². The second-order valence-corrected chi connectivity index (χ2v) is 8.89. The normalized spacial score (nSPS) is 15.2. The number of halogens is 1. The highest BCUT2D eigenvalue weighted by Gasteiger charge is 2.19. The van der Waals surface area contributed by atoms with Crippen molar-refractivity contribution < 1.29 is 9.13 Å². The number of aromatic nitrogens is 3. The summed E-state index contributed by atoms with van der Waals surface area (Å²) in [5.41, 5.74) is 4.19. The predicted molar refractivity (Wildman–Crippen MR) is 132 cm³/mol. The van der Waals surface area contributed by atoms with E-state index in [2.05, 4.69) is 20.9 Å². The van der Waals surface area contributed by atoms with Gasteiger partial charge in [0.25, 0.3) is 5.56 Å². The second kappa shape index (κ2) is 9.40. The van der Waals surface area contributed by atoms with Crippen LogP contribution in [0.25, 0.3) is 22.2 Å². The maximum Gasteiger partial charge on any atom is 0.251 e. The van der Waals surface area contributed by atoms with Gasteiger partial charge in [-0.15, -0.1) is 0 Å². The molecule has 3 aromatic heterocycles. The van der Waals surface area contributed by atoms with E-state index in [1.165, 1.54) is 12.1 Å². The van der Waals surface area contributed by atoms with E-state index in [9.17, 15) is 9.18 Å². The summed E-state index contributed by atoms with van der Waals surface area (Å²) < 4.78 is 21.1. The molecule has 0 amide bonds. The fourth-order valence-corrected chi connectivity index (χ4v) is 4.55. The van der Waals surface area contributed by atoms with Gasteiger partial charge in [-0.05, 0) is 49.5 Å². The van der Waals surface area contributed by atoms with Crippen LogP contribution in [0.15, 0.2) is 65.8 Å². The molecule has 1 aliphatic rings. The molecular weight excluding hydrogens is 433 g/mol. The highest BCUT2D eigenvalue weighted by molar-refractivity contribution is 5.95. The molecule has 0 saturated carbocycles. The SMILES string of the molecule is CN(C)CC(c1cccc(F)c1)n1ccc(-c2c[nH]c3ncc(N4CCOCC4)cc23)cc1=O. The molecule has 4 aromatic rings. The number of morpholine rings is 1. The fourth-order valence-electron chi connectivity index (χ4n) is 4.55. The van der Waals surface area contributed by atoms with Crippen LogP contribution in [0.5, 0.6) is 0 Å². The summed E-state index contributed by atoms with van der Waals surface area (Å²) in [5.74, 6) is -0.312. The lowest BCUT2D eigenvalue weighted by atomic mass is 10.0. The van der Waals surface area contributed by atoms with E-state index in [4.69, 9.17) is 4.74 Å². The monoisotopic (exact) mass is 461 g/mol. The zero-order valence-electron chi connectivity index (χ0n) is 19.4. The van der Waals surface area contributed by atoms with E-state index in [1.807, 2.05) is 43.5 Å². The van der Waals surface area contributed by atoms with Crippen molar-refractivity contribution in [3.63, 3.8) is 0 Å². The molecule has 0 spiro atoms. The first-order chi connectivity index (χ1) is 16.5. The Morgan fingerprint density at radius 1 is 1.18 bits per heavy atom. The average Bonchev–Trinajstić information content (AvgIpc) is 3.26. The Labute approximate surface area is 197 Å². The Bertz CT molecular complexity index is 1360. The molecule has 0 bridgehead atoms. The van der Waals surface area contributed by atoms with Gasteiger partial charge in [0.1, 0.15) is 11.5 Å². The molecule has 4 heterocycles. The van der Waals surface area contributed by atoms with Gasteiger partial charge in [-0.2, -0.15) is 0 Å². The van der Waals surface area contributed by atoms with E-state index >= 15 is 0 Å². The molecule has 1 fully saturated rings. The van der Waals surface area contributed by atoms with Crippen molar-refractivity contribution in [2.75, 3.05) is 51.8 Å². The average molecular weight is 462 g/mol. The Kier molecular flexibility index (Phi) is 6.17. The molecule has 7 nitrogen and oxygen atoms in total. The van der Waals surface area contributed by atoms with Crippen molar-refractivity contribution in [2.24, 2.45) is 0 Å². The predicted octanol–water partition coefficient (Wildman–Crippen LogP) is 3.52. The number of hydrogen-bond acceptors (Lipinski definition) is 5. The number of pyridine rings is 2. The number of ether oxygens (including phenoxy) is 1. The van der Waals surface area contributed by atoms with Gasteiger partial charge in [-0.3, -0.25) is 4.79 Å². The van der Waals surface area contributed by atoms with Crippen LogP contribution < -0.4 is 10.5 Å². The van der Waals surface area contributed by atoms with Gasteiger partial charge in [0.15, 0.2) is 0 Å². The van der Waals surface area contributed by atoms with E-state index in [0.717, 1.165) is 46.5 Å². The van der Waals surface area contributed by atoms with Crippen LogP contribution in [-0.2, 0) is 4.74 Å². The fraction of sp³-hybridized carbons (Fsp3) is 0.308. The number of hydrogen-bond donors (Lipinski definition) is 1. The van der Waals surface area contributed by atoms with Gasteiger partial charge in [0.05, 0.1) is 31.1 Å². The molecule has 8 heteroatoms. The van der Waals surface area contributed by atoms with E-state index < -0.39 is 0 Å². The summed E-state index contributed by atoms with van der Waals surface area (Å²) in [6.07, 6.45) is 5.56. The molecule has 1 atom stereocenters. The van der Waals surface area contributed by atoms with Crippen LogP contribution in [0, 0.1) is 5.82 Å². The van der Waals surface area contributed by atoms with Crippen molar-refractivity contribution in [1.29, 1.82) is 0 Å². The lowest BCUT2D eigenvalue weighted by molar-refractivity contribution is 0.122. The van der Waals surface area contributed by atoms with Gasteiger partial charge in [-0.1, -0.05) is 12.1 Å². The van der Waals surface area contributed by atoms with Crippen LogP contribution in [-0.4, -0.2) is 66.4 Å². The quantitative estimate of drug-likeness (QED) is 0.476. The lowest BCUT2D eigenvalue weighted by Crippen LogP contribution is -2.36. The van der Waals surface area contributed by atoms with E-state index in [-0.39, 0.29) is 17.4 Å². The number of H-pyrrole nitrogens is 1. The first kappa shape index (κ1) is 22.3. The molecule has 34 heavy (non-hydrogen) atoms. The molecule has 0 radical (unpaired) electrons. The van der Waals surface area contributed by atoms with Gasteiger partial charge in [0, 0.05) is 49.0 Å². The molecule has 176 valence electrons. The summed E-state index contributed by atoms with van der Waals surface area (Å²) >= 11 is 0. The van der Waals surface area contributed by atoms with Crippen LogP contribution in [0.1, 0.15) is 11.6 Å². The molecule has 1 aliphatic heterocycles. The number of nitrogens with one attached hydrogen (secondary N) is 1. The van der Waals surface area contributed by atoms with E-state index in [0.29, 0.717) is 19.8 Å². The Hall–Kier alpha value is -3.49. The topological polar surface area (TPSA) is 66.4 Å². The molecule has 0 aliphatic carbocycles. The van der Waals surface area contributed by atoms with Crippen molar-refractivity contribution >= 4 is 16.7 Å². The maximum atomic E-state index is 13.9. The lowest BCUT2D eigenvalue weighted by Gasteiger charge is -2.28. The third kappa shape index (κ3) is 4.47. The Morgan fingerprint density at radius 2 is 2.00 bits per heavy atom. The number of rotatable bonds is 6. The third-order valence-corrected chi connectivity index (χ3v) is 6.26. The van der Waals surface area contributed by atoms with Crippen molar-refractivity contribution in [1.82, 2.24) is 19.4 Å². The van der Waals surface area contributed by atoms with Crippen molar-refractivity contribution in [2.45, 2.75) is 6.04 Å². The second-order valence-electron chi connectivity index (χ2n) is 8.89. The summed E-state index contributed by atoms with van der Waals surface area (Å²) in [6.45, 7) is 3.64. The van der Waals surface area contributed by atoms with Gasteiger partial charge in [-0.25, -0.2) is 9.37 Å². The maximum absolute atomic E-state index is 13.9. The number of benzene rings is 1. The summed E-state index contributed by atoms with van der Waals surface area (Å²) in [4.78, 5) is 25.3. The zero-order chi connectivity index (χ0) is 23.7. The Balaban J connectivity index is 1.52. The molecule has 1 unspecified atom stereocenters.